The molecule has 1 aliphatic heterocycles. The third-order valence-corrected chi connectivity index (χ3v) is 4.10. The van der Waals surface area contributed by atoms with Crippen LogP contribution in [0.25, 0.3) is 0 Å². The van der Waals surface area contributed by atoms with Gasteiger partial charge in [0.15, 0.2) is 0 Å². The van der Waals surface area contributed by atoms with Crippen LogP contribution < -0.4 is 10.2 Å². The van der Waals surface area contributed by atoms with Crippen molar-refractivity contribution in [3.05, 3.63) is 35.5 Å². The number of nitrogens with zero attached hydrogens (tertiary/aromatic N) is 5. The zero-order valence-electron chi connectivity index (χ0n) is 13.4. The lowest BCUT2D eigenvalue weighted by Crippen LogP contribution is -2.34. The number of hydrogen-bond acceptors (Lipinski definition) is 6. The maximum atomic E-state index is 4.56. The molecule has 2 aromatic heterocycles. The van der Waals surface area contributed by atoms with Gasteiger partial charge in [0.25, 0.3) is 0 Å². The minimum absolute atomic E-state index is 0.443. The van der Waals surface area contributed by atoms with Gasteiger partial charge in [0.05, 0.1) is 5.69 Å². The van der Waals surface area contributed by atoms with Gasteiger partial charge in [-0.05, 0) is 32.8 Å². The molecule has 1 saturated heterocycles. The Bertz CT molecular complexity index is 629. The van der Waals surface area contributed by atoms with Gasteiger partial charge in [-0.25, -0.2) is 15.0 Å². The van der Waals surface area contributed by atoms with Crippen molar-refractivity contribution < 1.29 is 0 Å². The topological polar surface area (TPSA) is 66.8 Å². The van der Waals surface area contributed by atoms with E-state index in [2.05, 4.69) is 30.2 Å². The predicted molar refractivity (Wildman–Crippen MR) is 87.3 cm³/mol. The largest absolute Gasteiger partial charge is 0.372 e. The lowest BCUT2D eigenvalue weighted by atomic mass is 9.93. The first-order chi connectivity index (χ1) is 10.7. The normalized spacial score (nSPS) is 15.9. The SMILES string of the molecule is CNc1nccnc1C1CCN(c2nc(C)cc(C)n2)CC1. The summed E-state index contributed by atoms with van der Waals surface area (Å²) >= 11 is 0. The highest BCUT2D eigenvalue weighted by molar-refractivity contribution is 5.42. The zero-order chi connectivity index (χ0) is 15.5. The van der Waals surface area contributed by atoms with E-state index < -0.39 is 0 Å². The first kappa shape index (κ1) is 14.7. The van der Waals surface area contributed by atoms with Crippen LogP contribution in [0.5, 0.6) is 0 Å². The maximum absolute atomic E-state index is 4.56. The summed E-state index contributed by atoms with van der Waals surface area (Å²) < 4.78 is 0. The van der Waals surface area contributed by atoms with Crippen LogP contribution in [-0.4, -0.2) is 40.1 Å². The molecule has 1 N–H and O–H groups in total. The lowest BCUT2D eigenvalue weighted by molar-refractivity contribution is 0.490. The first-order valence-corrected chi connectivity index (χ1v) is 7.73. The first-order valence-electron chi connectivity index (χ1n) is 7.73. The van der Waals surface area contributed by atoms with E-state index in [9.17, 15) is 0 Å². The van der Waals surface area contributed by atoms with Gasteiger partial charge in [0.1, 0.15) is 5.82 Å². The summed E-state index contributed by atoms with van der Waals surface area (Å²) in [7, 11) is 1.89. The molecule has 2 aromatic rings. The van der Waals surface area contributed by atoms with Crippen molar-refractivity contribution in [3.8, 4) is 0 Å². The minimum atomic E-state index is 0.443. The lowest BCUT2D eigenvalue weighted by Gasteiger charge is -2.32. The zero-order valence-corrected chi connectivity index (χ0v) is 13.4. The Morgan fingerprint density at radius 2 is 1.68 bits per heavy atom. The van der Waals surface area contributed by atoms with E-state index in [1.165, 1.54) is 0 Å². The standard InChI is InChI=1S/C16H22N6/c1-11-10-12(2)21-16(20-11)22-8-4-13(5-9-22)14-15(17-3)19-7-6-18-14/h6-7,10,13H,4-5,8-9H2,1-3H3,(H,17,19). The van der Waals surface area contributed by atoms with Crippen LogP contribution in [-0.2, 0) is 0 Å². The quantitative estimate of drug-likeness (QED) is 0.938. The second-order valence-corrected chi connectivity index (χ2v) is 5.75. The molecular formula is C16H22N6. The smallest absolute Gasteiger partial charge is 0.225 e. The van der Waals surface area contributed by atoms with Crippen LogP contribution in [0.4, 0.5) is 11.8 Å². The molecule has 3 rings (SSSR count). The molecule has 1 fully saturated rings. The molecule has 116 valence electrons. The molecule has 0 amide bonds. The molecule has 0 aromatic carbocycles. The number of hydrogen-bond donors (Lipinski definition) is 1. The Morgan fingerprint density at radius 1 is 1.05 bits per heavy atom. The van der Waals surface area contributed by atoms with Gasteiger partial charge < -0.3 is 10.2 Å². The molecule has 0 atom stereocenters. The highest BCUT2D eigenvalue weighted by Gasteiger charge is 2.25. The fraction of sp³-hybridized carbons (Fsp3) is 0.500. The fourth-order valence-corrected chi connectivity index (χ4v) is 3.04. The molecule has 1 aliphatic rings. The number of aromatic nitrogens is 4. The summed E-state index contributed by atoms with van der Waals surface area (Å²) in [6, 6.07) is 2.01. The molecule has 0 saturated carbocycles. The van der Waals surface area contributed by atoms with Crippen molar-refractivity contribution in [2.45, 2.75) is 32.6 Å². The predicted octanol–water partition coefficient (Wildman–Crippen LogP) is 2.31. The van der Waals surface area contributed by atoms with Crippen LogP contribution in [0.3, 0.4) is 0 Å². The van der Waals surface area contributed by atoms with E-state index in [-0.39, 0.29) is 0 Å². The van der Waals surface area contributed by atoms with Gasteiger partial charge in [0.2, 0.25) is 5.95 Å². The van der Waals surface area contributed by atoms with E-state index in [1.54, 1.807) is 12.4 Å². The highest BCUT2D eigenvalue weighted by Crippen LogP contribution is 2.31. The molecule has 0 spiro atoms. The van der Waals surface area contributed by atoms with E-state index in [1.807, 2.05) is 27.0 Å². The summed E-state index contributed by atoms with van der Waals surface area (Å²) in [4.78, 5) is 20.3. The van der Waals surface area contributed by atoms with Crippen molar-refractivity contribution in [3.63, 3.8) is 0 Å². The van der Waals surface area contributed by atoms with Crippen molar-refractivity contribution in [2.75, 3.05) is 30.4 Å². The van der Waals surface area contributed by atoms with Gasteiger partial charge in [-0.2, -0.15) is 0 Å². The van der Waals surface area contributed by atoms with Crippen molar-refractivity contribution in [2.24, 2.45) is 0 Å². The Balaban J connectivity index is 1.72. The summed E-state index contributed by atoms with van der Waals surface area (Å²) in [6.45, 7) is 5.94. The monoisotopic (exact) mass is 298 g/mol. The third-order valence-electron chi connectivity index (χ3n) is 4.10. The minimum Gasteiger partial charge on any atom is -0.372 e. The van der Waals surface area contributed by atoms with Crippen molar-refractivity contribution >= 4 is 11.8 Å². The van der Waals surface area contributed by atoms with Gasteiger partial charge in [-0.1, -0.05) is 0 Å². The Hall–Kier alpha value is -2.24. The molecule has 0 bridgehead atoms. The van der Waals surface area contributed by atoms with Crippen molar-refractivity contribution in [1.29, 1.82) is 0 Å². The molecule has 6 nitrogen and oxygen atoms in total. The molecule has 0 aliphatic carbocycles. The van der Waals surface area contributed by atoms with Crippen LogP contribution in [0.15, 0.2) is 18.5 Å². The van der Waals surface area contributed by atoms with E-state index in [0.29, 0.717) is 5.92 Å². The molecule has 22 heavy (non-hydrogen) atoms. The van der Waals surface area contributed by atoms with E-state index in [0.717, 1.165) is 54.8 Å². The summed E-state index contributed by atoms with van der Waals surface area (Å²) in [5.74, 6) is 2.19. The molecule has 6 heteroatoms. The van der Waals surface area contributed by atoms with Crippen LogP contribution in [0.2, 0.25) is 0 Å². The number of anilines is 2. The number of aryl methyl sites for hydroxylation is 2. The average molecular weight is 298 g/mol. The third kappa shape index (κ3) is 3.00. The number of nitrogens with one attached hydrogen (secondary N) is 1. The highest BCUT2D eigenvalue weighted by atomic mass is 15.3. The Kier molecular flexibility index (Phi) is 4.18. The molecule has 0 unspecified atom stereocenters. The second-order valence-electron chi connectivity index (χ2n) is 5.75. The van der Waals surface area contributed by atoms with E-state index >= 15 is 0 Å². The van der Waals surface area contributed by atoms with Gasteiger partial charge >= 0.3 is 0 Å². The summed E-state index contributed by atoms with van der Waals surface area (Å²) in [5, 5.41) is 3.14. The van der Waals surface area contributed by atoms with E-state index in [4.69, 9.17) is 0 Å². The summed E-state index contributed by atoms with van der Waals surface area (Å²) in [6.07, 6.45) is 5.59. The number of piperidine rings is 1. The van der Waals surface area contributed by atoms with Crippen LogP contribution in [0, 0.1) is 13.8 Å². The molecule has 0 radical (unpaired) electrons. The van der Waals surface area contributed by atoms with Gasteiger partial charge in [-0.3, -0.25) is 4.98 Å². The molecular weight excluding hydrogens is 276 g/mol. The average Bonchev–Trinajstić information content (AvgIpc) is 2.54. The summed E-state index contributed by atoms with van der Waals surface area (Å²) in [5.41, 5.74) is 3.12. The van der Waals surface area contributed by atoms with Crippen LogP contribution >= 0.6 is 0 Å². The Labute approximate surface area is 131 Å². The van der Waals surface area contributed by atoms with Crippen molar-refractivity contribution in [1.82, 2.24) is 19.9 Å². The second kappa shape index (κ2) is 6.25. The van der Waals surface area contributed by atoms with Gasteiger partial charge in [-0.15, -0.1) is 0 Å². The maximum Gasteiger partial charge on any atom is 0.225 e. The Morgan fingerprint density at radius 3 is 2.32 bits per heavy atom. The molecule has 3 heterocycles. The number of rotatable bonds is 3. The van der Waals surface area contributed by atoms with Crippen LogP contribution in [0.1, 0.15) is 35.8 Å². The van der Waals surface area contributed by atoms with Gasteiger partial charge in [0, 0.05) is 49.8 Å². The fourth-order valence-electron chi connectivity index (χ4n) is 3.04.